The molecule has 2 amide bonds. The van der Waals surface area contributed by atoms with E-state index in [4.69, 9.17) is 11.6 Å². The molecule has 6 heteroatoms. The topological polar surface area (TPSA) is 57.5 Å². The van der Waals surface area contributed by atoms with Gasteiger partial charge < -0.3 is 19.9 Å². The zero-order valence-corrected chi connectivity index (χ0v) is 16.8. The molecule has 0 saturated heterocycles. The average Bonchev–Trinajstić information content (AvgIpc) is 3.04. The van der Waals surface area contributed by atoms with Crippen molar-refractivity contribution in [3.05, 3.63) is 77.8 Å². The van der Waals surface area contributed by atoms with Crippen LogP contribution in [0.25, 0.3) is 21.8 Å². The number of aliphatic hydroxyl groups excluding tert-OH is 1. The number of carbonyl (C=O) groups excluding carboxylic acids is 1. The van der Waals surface area contributed by atoms with Crippen LogP contribution in [-0.2, 0) is 6.54 Å². The predicted molar refractivity (Wildman–Crippen MR) is 119 cm³/mol. The molecule has 1 heterocycles. The van der Waals surface area contributed by atoms with Gasteiger partial charge in [0, 0.05) is 46.1 Å². The summed E-state index contributed by atoms with van der Waals surface area (Å²) in [4.78, 5) is 13.9. The first-order chi connectivity index (χ1) is 14.0. The Morgan fingerprint density at radius 3 is 2.14 bits per heavy atom. The van der Waals surface area contributed by atoms with E-state index in [0.717, 1.165) is 21.8 Å². The highest BCUT2D eigenvalue weighted by Gasteiger charge is 2.17. The van der Waals surface area contributed by atoms with Gasteiger partial charge in [0.1, 0.15) is 0 Å². The van der Waals surface area contributed by atoms with Crippen molar-refractivity contribution in [1.82, 2.24) is 9.47 Å². The zero-order valence-electron chi connectivity index (χ0n) is 16.0. The SMILES string of the molecule is CN(CC(O)Cn1c2ccccc2c2ccccc21)C(=O)Nc1ccc(Cl)cc1. The summed E-state index contributed by atoms with van der Waals surface area (Å²) >= 11 is 5.87. The number of hydrogen-bond donors (Lipinski definition) is 2. The van der Waals surface area contributed by atoms with Crippen LogP contribution in [0.2, 0.25) is 5.02 Å². The molecule has 4 rings (SSSR count). The third-order valence-electron chi connectivity index (χ3n) is 5.00. The number of benzene rings is 3. The van der Waals surface area contributed by atoms with Crippen LogP contribution in [0, 0.1) is 0 Å². The Hall–Kier alpha value is -3.02. The van der Waals surface area contributed by atoms with Gasteiger partial charge in [0.25, 0.3) is 0 Å². The van der Waals surface area contributed by atoms with E-state index in [-0.39, 0.29) is 12.6 Å². The number of aromatic nitrogens is 1. The molecule has 148 valence electrons. The minimum Gasteiger partial charge on any atom is -0.389 e. The largest absolute Gasteiger partial charge is 0.389 e. The maximum absolute atomic E-state index is 12.4. The van der Waals surface area contributed by atoms with E-state index in [2.05, 4.69) is 34.1 Å². The minimum atomic E-state index is -0.713. The number of urea groups is 1. The van der Waals surface area contributed by atoms with Gasteiger partial charge in [-0.2, -0.15) is 0 Å². The Morgan fingerprint density at radius 2 is 1.55 bits per heavy atom. The molecular formula is C23H22ClN3O2. The first kappa shape index (κ1) is 19.3. The molecule has 1 aromatic heterocycles. The standard InChI is InChI=1S/C23H22ClN3O2/c1-26(23(29)25-17-12-10-16(24)11-13-17)14-18(28)15-27-21-8-4-2-6-19(21)20-7-3-5-9-22(20)27/h2-13,18,28H,14-15H2,1H3,(H,25,29). The lowest BCUT2D eigenvalue weighted by atomic mass is 10.2. The fourth-order valence-corrected chi connectivity index (χ4v) is 3.75. The van der Waals surface area contributed by atoms with Crippen LogP contribution in [0.15, 0.2) is 72.8 Å². The maximum atomic E-state index is 12.4. The molecule has 3 aromatic carbocycles. The van der Waals surface area contributed by atoms with Crippen LogP contribution in [0.1, 0.15) is 0 Å². The van der Waals surface area contributed by atoms with Crippen molar-refractivity contribution < 1.29 is 9.90 Å². The third-order valence-corrected chi connectivity index (χ3v) is 5.25. The van der Waals surface area contributed by atoms with Gasteiger partial charge in [-0.3, -0.25) is 0 Å². The second-order valence-electron chi connectivity index (χ2n) is 7.12. The Balaban J connectivity index is 1.48. The van der Waals surface area contributed by atoms with Gasteiger partial charge in [-0.1, -0.05) is 48.0 Å². The van der Waals surface area contributed by atoms with Crippen LogP contribution in [0.5, 0.6) is 0 Å². The summed E-state index contributed by atoms with van der Waals surface area (Å²) in [6.45, 7) is 0.604. The van der Waals surface area contributed by atoms with Crippen LogP contribution >= 0.6 is 11.6 Å². The summed E-state index contributed by atoms with van der Waals surface area (Å²) in [7, 11) is 1.67. The molecule has 0 bridgehead atoms. The van der Waals surface area contributed by atoms with Gasteiger partial charge in [-0.05, 0) is 36.4 Å². The van der Waals surface area contributed by atoms with Crippen LogP contribution in [-0.4, -0.2) is 40.3 Å². The van der Waals surface area contributed by atoms with Crippen molar-refractivity contribution in [3.63, 3.8) is 0 Å². The number of hydrogen-bond acceptors (Lipinski definition) is 2. The Kier molecular flexibility index (Phi) is 5.43. The summed E-state index contributed by atoms with van der Waals surface area (Å²) in [5.41, 5.74) is 2.80. The van der Waals surface area contributed by atoms with E-state index in [9.17, 15) is 9.90 Å². The molecule has 0 aliphatic heterocycles. The van der Waals surface area contributed by atoms with Crippen molar-refractivity contribution >= 4 is 45.1 Å². The molecular weight excluding hydrogens is 386 g/mol. The number of amides is 2. The summed E-state index contributed by atoms with van der Waals surface area (Å²) in [6.07, 6.45) is -0.713. The lowest BCUT2D eigenvalue weighted by molar-refractivity contribution is 0.121. The van der Waals surface area contributed by atoms with Crippen LogP contribution < -0.4 is 5.32 Å². The number of likely N-dealkylation sites (N-methyl/N-ethyl adjacent to an activating group) is 1. The molecule has 1 unspecified atom stereocenters. The Morgan fingerprint density at radius 1 is 1.00 bits per heavy atom. The van der Waals surface area contributed by atoms with E-state index in [0.29, 0.717) is 17.3 Å². The molecule has 0 spiro atoms. The zero-order chi connectivity index (χ0) is 20.4. The van der Waals surface area contributed by atoms with Crippen molar-refractivity contribution in [2.45, 2.75) is 12.6 Å². The molecule has 5 nitrogen and oxygen atoms in total. The highest BCUT2D eigenvalue weighted by atomic mass is 35.5. The normalized spacial score (nSPS) is 12.2. The number of aliphatic hydroxyl groups is 1. The van der Waals surface area contributed by atoms with Gasteiger partial charge >= 0.3 is 6.03 Å². The molecule has 0 fully saturated rings. The average molecular weight is 408 g/mol. The molecule has 1 atom stereocenters. The molecule has 2 N–H and O–H groups in total. The predicted octanol–water partition coefficient (Wildman–Crippen LogP) is 4.97. The number of carbonyl (C=O) groups is 1. The van der Waals surface area contributed by atoms with Gasteiger partial charge in [0.05, 0.1) is 12.6 Å². The number of anilines is 1. The number of para-hydroxylation sites is 2. The highest BCUT2D eigenvalue weighted by molar-refractivity contribution is 6.30. The quantitative estimate of drug-likeness (QED) is 0.490. The van der Waals surface area contributed by atoms with Crippen molar-refractivity contribution in [2.24, 2.45) is 0 Å². The number of halogens is 1. The van der Waals surface area contributed by atoms with E-state index in [1.807, 2.05) is 24.3 Å². The number of rotatable bonds is 5. The summed E-state index contributed by atoms with van der Waals surface area (Å²) < 4.78 is 2.11. The fourth-order valence-electron chi connectivity index (χ4n) is 3.62. The molecule has 0 aliphatic rings. The van der Waals surface area contributed by atoms with Gasteiger partial charge in [0.2, 0.25) is 0 Å². The molecule has 4 aromatic rings. The second-order valence-corrected chi connectivity index (χ2v) is 7.55. The fraction of sp³-hybridized carbons (Fsp3) is 0.174. The molecule has 29 heavy (non-hydrogen) atoms. The summed E-state index contributed by atoms with van der Waals surface area (Å²) in [6, 6.07) is 22.9. The lowest BCUT2D eigenvalue weighted by Gasteiger charge is -2.22. The Bertz CT molecular complexity index is 1100. The number of nitrogens with zero attached hydrogens (tertiary/aromatic N) is 2. The smallest absolute Gasteiger partial charge is 0.321 e. The van der Waals surface area contributed by atoms with E-state index in [1.165, 1.54) is 4.90 Å². The van der Waals surface area contributed by atoms with Crippen molar-refractivity contribution in [3.8, 4) is 0 Å². The third kappa shape index (κ3) is 4.06. The van der Waals surface area contributed by atoms with Gasteiger partial charge in [-0.25, -0.2) is 4.79 Å². The van der Waals surface area contributed by atoms with E-state index < -0.39 is 6.10 Å². The molecule has 0 radical (unpaired) electrons. The van der Waals surface area contributed by atoms with E-state index >= 15 is 0 Å². The van der Waals surface area contributed by atoms with Gasteiger partial charge in [-0.15, -0.1) is 0 Å². The lowest BCUT2D eigenvalue weighted by Crippen LogP contribution is -2.38. The number of nitrogens with one attached hydrogen (secondary N) is 1. The van der Waals surface area contributed by atoms with Crippen LogP contribution in [0.4, 0.5) is 10.5 Å². The molecule has 0 aliphatic carbocycles. The summed E-state index contributed by atoms with van der Waals surface area (Å²) in [5.74, 6) is 0. The first-order valence-corrected chi connectivity index (χ1v) is 9.82. The maximum Gasteiger partial charge on any atom is 0.321 e. The minimum absolute atomic E-state index is 0.209. The monoisotopic (exact) mass is 407 g/mol. The van der Waals surface area contributed by atoms with E-state index in [1.54, 1.807) is 31.3 Å². The first-order valence-electron chi connectivity index (χ1n) is 9.44. The van der Waals surface area contributed by atoms with Crippen LogP contribution in [0.3, 0.4) is 0 Å². The van der Waals surface area contributed by atoms with Crippen molar-refractivity contribution in [2.75, 3.05) is 18.9 Å². The van der Waals surface area contributed by atoms with Gasteiger partial charge in [0.15, 0.2) is 0 Å². The summed E-state index contributed by atoms with van der Waals surface area (Å²) in [5, 5.41) is 16.4. The second kappa shape index (κ2) is 8.15. The van der Waals surface area contributed by atoms with Crippen molar-refractivity contribution in [1.29, 1.82) is 0 Å². The molecule has 0 saturated carbocycles. The highest BCUT2D eigenvalue weighted by Crippen LogP contribution is 2.28. The Labute approximate surface area is 174 Å². The number of fused-ring (bicyclic) bond motifs is 3.